The molecule has 1 N–H and O–H groups in total. The summed E-state index contributed by atoms with van der Waals surface area (Å²) in [7, 11) is 0. The molecule has 1 aromatic carbocycles. The van der Waals surface area contributed by atoms with Gasteiger partial charge < -0.3 is 24.2 Å². The lowest BCUT2D eigenvalue weighted by molar-refractivity contribution is -0.175. The Morgan fingerprint density at radius 1 is 1.24 bits per heavy atom. The van der Waals surface area contributed by atoms with E-state index in [1.54, 1.807) is 26.2 Å². The van der Waals surface area contributed by atoms with Crippen LogP contribution in [-0.2, 0) is 31.9 Å². The van der Waals surface area contributed by atoms with Gasteiger partial charge >= 0.3 is 12.1 Å². The maximum Gasteiger partial charge on any atom is 0.516 e. The molecule has 1 unspecified atom stereocenters. The molecule has 2 aromatic heterocycles. The summed E-state index contributed by atoms with van der Waals surface area (Å²) in [5.74, 6) is -1.60. The normalized spacial score (nSPS) is 22.8. The van der Waals surface area contributed by atoms with Gasteiger partial charge in [0.2, 0.25) is 5.91 Å². The highest BCUT2D eigenvalue weighted by Gasteiger charge is 2.60. The zero-order valence-corrected chi connectivity index (χ0v) is 24.8. The second-order valence-corrected chi connectivity index (χ2v) is 12.4. The highest BCUT2D eigenvalue weighted by atomic mass is 32.2. The molecule has 1 fully saturated rings. The standard InChI is InChI=1S/C29H31N3O7S2/c1-5-20(39-29(36)37-18-10-9-16-7-6-8-17(16)11-18)38-28(35)24-21(14(2)23-22(15(3)33)26(34)32(23)24)19-12-31-13-30-25(40-4)27(31)41-19/h9-15,20,22-23,33H,5-8H2,1-4H3/t14-,15+,20?,22+,23+/m0/s1. The summed E-state index contributed by atoms with van der Waals surface area (Å²) in [6.07, 6.45) is 5.69. The molecule has 41 heavy (non-hydrogen) atoms. The molecule has 216 valence electrons. The van der Waals surface area contributed by atoms with Gasteiger partial charge in [-0.15, -0.1) is 23.1 Å². The van der Waals surface area contributed by atoms with E-state index < -0.39 is 30.4 Å². The Labute approximate surface area is 245 Å². The van der Waals surface area contributed by atoms with Gasteiger partial charge in [-0.05, 0) is 55.7 Å². The lowest BCUT2D eigenvalue weighted by Crippen LogP contribution is -2.63. The molecule has 12 heteroatoms. The van der Waals surface area contributed by atoms with E-state index in [0.717, 1.165) is 39.6 Å². The number of aliphatic hydroxyl groups is 1. The number of aromatic nitrogens is 2. The minimum atomic E-state index is -1.22. The quantitative estimate of drug-likeness (QED) is 0.130. The lowest BCUT2D eigenvalue weighted by atomic mass is 9.77. The molecule has 0 radical (unpaired) electrons. The number of fused-ring (bicyclic) bond motifs is 3. The maximum absolute atomic E-state index is 13.7. The van der Waals surface area contributed by atoms with Crippen LogP contribution in [0.15, 0.2) is 41.4 Å². The van der Waals surface area contributed by atoms with Crippen molar-refractivity contribution in [2.75, 3.05) is 6.26 Å². The number of esters is 1. The van der Waals surface area contributed by atoms with Crippen molar-refractivity contribution in [1.82, 2.24) is 14.3 Å². The maximum atomic E-state index is 13.7. The van der Waals surface area contributed by atoms with Crippen LogP contribution >= 0.6 is 23.1 Å². The first kappa shape index (κ1) is 27.8. The van der Waals surface area contributed by atoms with Gasteiger partial charge in [-0.25, -0.2) is 14.6 Å². The number of thioether (sulfide) groups is 1. The molecule has 0 bridgehead atoms. The molecule has 1 saturated heterocycles. The average molecular weight is 598 g/mol. The first-order chi connectivity index (χ1) is 19.7. The number of β-lactam (4-membered cyclic amide) rings is 1. The van der Waals surface area contributed by atoms with Gasteiger partial charge in [-0.3, -0.25) is 9.20 Å². The third-order valence-corrected chi connectivity index (χ3v) is 10.0. The Hall–Kier alpha value is -3.35. The summed E-state index contributed by atoms with van der Waals surface area (Å²) in [4.78, 5) is 47.0. The van der Waals surface area contributed by atoms with Crippen LogP contribution in [0.4, 0.5) is 4.79 Å². The van der Waals surface area contributed by atoms with Crippen molar-refractivity contribution in [3.05, 3.63) is 52.4 Å². The molecule has 0 spiro atoms. The van der Waals surface area contributed by atoms with Crippen LogP contribution in [-0.4, -0.2) is 62.1 Å². The number of hydrogen-bond acceptors (Lipinski definition) is 10. The predicted octanol–water partition coefficient (Wildman–Crippen LogP) is 4.67. The number of rotatable bonds is 8. The zero-order valence-electron chi connectivity index (χ0n) is 23.2. The Morgan fingerprint density at radius 3 is 2.76 bits per heavy atom. The number of ether oxygens (including phenoxy) is 3. The van der Waals surface area contributed by atoms with Crippen molar-refractivity contribution in [3.8, 4) is 5.75 Å². The van der Waals surface area contributed by atoms with Crippen molar-refractivity contribution >= 4 is 51.5 Å². The smallest absolute Gasteiger partial charge is 0.420 e. The van der Waals surface area contributed by atoms with Crippen molar-refractivity contribution in [2.45, 2.75) is 69.9 Å². The van der Waals surface area contributed by atoms with Crippen molar-refractivity contribution in [2.24, 2.45) is 11.8 Å². The number of aliphatic hydroxyl groups excluding tert-OH is 1. The molecule has 3 aliphatic rings. The van der Waals surface area contributed by atoms with Gasteiger partial charge in [-0.2, -0.15) is 0 Å². The van der Waals surface area contributed by atoms with Crippen LogP contribution in [0.1, 0.15) is 49.6 Å². The summed E-state index contributed by atoms with van der Waals surface area (Å²) in [6, 6.07) is 5.13. The highest BCUT2D eigenvalue weighted by Crippen LogP contribution is 2.52. The molecule has 1 aliphatic carbocycles. The molecule has 2 aliphatic heterocycles. The van der Waals surface area contributed by atoms with E-state index >= 15 is 0 Å². The van der Waals surface area contributed by atoms with Gasteiger partial charge in [0.15, 0.2) is 0 Å². The minimum absolute atomic E-state index is 0.113. The van der Waals surface area contributed by atoms with Crippen LogP contribution in [0.5, 0.6) is 5.75 Å². The fourth-order valence-electron chi connectivity index (χ4n) is 6.13. The van der Waals surface area contributed by atoms with E-state index in [4.69, 9.17) is 14.2 Å². The first-order valence-corrected chi connectivity index (χ1v) is 15.7. The predicted molar refractivity (Wildman–Crippen MR) is 152 cm³/mol. The Balaban J connectivity index is 1.25. The summed E-state index contributed by atoms with van der Waals surface area (Å²) < 4.78 is 18.3. The molecular weight excluding hydrogens is 566 g/mol. The largest absolute Gasteiger partial charge is 0.516 e. The van der Waals surface area contributed by atoms with E-state index in [0.29, 0.717) is 11.3 Å². The Morgan fingerprint density at radius 2 is 2.02 bits per heavy atom. The van der Waals surface area contributed by atoms with Crippen LogP contribution in [0.3, 0.4) is 0 Å². The van der Waals surface area contributed by atoms with E-state index in [9.17, 15) is 19.5 Å². The topological polar surface area (TPSA) is 120 Å². The van der Waals surface area contributed by atoms with Crippen LogP contribution < -0.4 is 4.74 Å². The Kier molecular flexibility index (Phi) is 7.33. The average Bonchev–Trinajstić information content (AvgIpc) is 3.69. The molecule has 5 atom stereocenters. The number of benzene rings is 1. The molecule has 3 aromatic rings. The molecule has 10 nitrogen and oxygen atoms in total. The SMILES string of the molecule is CCC(OC(=O)Oc1ccc2c(c1)CCC2)OC(=O)C1=C(c2cn3cnc(SC)c3s2)[C@H](C)[C@@H]2[C@@H]([C@@H](C)O)C(=O)N12. The molecule has 0 saturated carbocycles. The summed E-state index contributed by atoms with van der Waals surface area (Å²) >= 11 is 3.00. The third-order valence-electron chi connectivity index (χ3n) is 8.07. The molecule has 6 rings (SSSR count). The number of amides is 1. The van der Waals surface area contributed by atoms with E-state index in [1.807, 2.05) is 35.9 Å². The van der Waals surface area contributed by atoms with Gasteiger partial charge in [0, 0.05) is 24.1 Å². The second kappa shape index (κ2) is 10.8. The van der Waals surface area contributed by atoms with E-state index in [2.05, 4.69) is 4.98 Å². The highest BCUT2D eigenvalue weighted by molar-refractivity contribution is 7.98. The monoisotopic (exact) mass is 597 g/mol. The molecule has 4 heterocycles. The van der Waals surface area contributed by atoms with Crippen LogP contribution in [0.25, 0.3) is 10.4 Å². The summed E-state index contributed by atoms with van der Waals surface area (Å²) in [5, 5.41) is 11.2. The number of imidazole rings is 1. The molecular formula is C29H31N3O7S2. The van der Waals surface area contributed by atoms with E-state index in [-0.39, 0.29) is 30.0 Å². The summed E-state index contributed by atoms with van der Waals surface area (Å²) in [6.45, 7) is 5.25. The minimum Gasteiger partial charge on any atom is -0.420 e. The van der Waals surface area contributed by atoms with Crippen molar-refractivity contribution in [3.63, 3.8) is 0 Å². The van der Waals surface area contributed by atoms with Crippen molar-refractivity contribution < 1.29 is 33.7 Å². The first-order valence-electron chi connectivity index (χ1n) is 13.7. The number of aryl methyl sites for hydroxylation is 2. The second-order valence-electron chi connectivity index (χ2n) is 10.6. The van der Waals surface area contributed by atoms with Gasteiger partial charge in [0.05, 0.1) is 22.9 Å². The molecule has 1 amide bonds. The van der Waals surface area contributed by atoms with Crippen LogP contribution in [0.2, 0.25) is 0 Å². The van der Waals surface area contributed by atoms with Gasteiger partial charge in [0.25, 0.3) is 6.29 Å². The van der Waals surface area contributed by atoms with Gasteiger partial charge in [0.1, 0.15) is 27.6 Å². The number of carbonyl (C=O) groups is 3. The number of thiazole rings is 1. The lowest BCUT2D eigenvalue weighted by Gasteiger charge is -2.46. The van der Waals surface area contributed by atoms with Crippen molar-refractivity contribution in [1.29, 1.82) is 0 Å². The number of hydrogen-bond donors (Lipinski definition) is 1. The number of carbonyl (C=O) groups excluding carboxylic acids is 3. The van der Waals surface area contributed by atoms with Crippen LogP contribution in [0, 0.1) is 11.8 Å². The zero-order chi connectivity index (χ0) is 29.0. The fraction of sp³-hybridized carbons (Fsp3) is 0.448. The number of nitrogens with zero attached hydrogens (tertiary/aromatic N) is 3. The van der Waals surface area contributed by atoms with E-state index in [1.165, 1.54) is 33.6 Å². The third kappa shape index (κ3) is 4.71. The Bertz CT molecular complexity index is 1580. The fourth-order valence-corrected chi connectivity index (χ4v) is 8.05. The van der Waals surface area contributed by atoms with Gasteiger partial charge in [-0.1, -0.05) is 19.9 Å². The summed E-state index contributed by atoms with van der Waals surface area (Å²) in [5.41, 5.74) is 3.18.